The molecule has 0 aliphatic carbocycles. The van der Waals surface area contributed by atoms with Crippen molar-refractivity contribution in [3.05, 3.63) is 121 Å². The first-order valence-corrected chi connectivity index (χ1v) is 10.3. The largest absolute Gasteiger partial charge is 0.345 e. The smallest absolute Gasteiger partial charge is 0.0420 e. The van der Waals surface area contributed by atoms with E-state index in [4.69, 9.17) is 0 Å². The van der Waals surface area contributed by atoms with Gasteiger partial charge in [0.05, 0.1) is 0 Å². The number of rotatable bonds is 4. The Morgan fingerprint density at radius 1 is 0.467 bits per heavy atom. The molecule has 30 heavy (non-hydrogen) atoms. The van der Waals surface area contributed by atoms with Crippen molar-refractivity contribution in [2.45, 2.75) is 0 Å². The summed E-state index contributed by atoms with van der Waals surface area (Å²) in [6.07, 6.45) is 0. The lowest BCUT2D eigenvalue weighted by Gasteiger charge is -2.22. The molecule has 0 N–H and O–H groups in total. The standard InChI is InChI=1S/C29H23N/c1-30(26-17-10-16-24(19-26)22-11-4-2-5-12-22)27-20-25-15-8-9-18-28(25)29(21-27)23-13-6-3-7-14-23/h2-21H,1H3. The Labute approximate surface area is 177 Å². The summed E-state index contributed by atoms with van der Waals surface area (Å²) < 4.78 is 0. The second kappa shape index (κ2) is 7.88. The first kappa shape index (κ1) is 18.2. The molecule has 0 fully saturated rings. The van der Waals surface area contributed by atoms with Gasteiger partial charge < -0.3 is 4.90 Å². The van der Waals surface area contributed by atoms with E-state index in [1.54, 1.807) is 0 Å². The first-order valence-electron chi connectivity index (χ1n) is 10.3. The highest BCUT2D eigenvalue weighted by molar-refractivity contribution is 6.00. The van der Waals surface area contributed by atoms with Crippen LogP contribution >= 0.6 is 0 Å². The van der Waals surface area contributed by atoms with Crippen LogP contribution in [0.2, 0.25) is 0 Å². The van der Waals surface area contributed by atoms with E-state index in [0.717, 1.165) is 0 Å². The molecule has 0 aromatic heterocycles. The van der Waals surface area contributed by atoms with Crippen LogP contribution in [0, 0.1) is 0 Å². The van der Waals surface area contributed by atoms with Gasteiger partial charge in [-0.1, -0.05) is 97.1 Å². The van der Waals surface area contributed by atoms with E-state index >= 15 is 0 Å². The molecule has 0 saturated heterocycles. The third-order valence-corrected chi connectivity index (χ3v) is 5.66. The van der Waals surface area contributed by atoms with E-state index in [0.29, 0.717) is 0 Å². The highest BCUT2D eigenvalue weighted by atomic mass is 15.1. The second-order valence-corrected chi connectivity index (χ2v) is 7.56. The monoisotopic (exact) mass is 385 g/mol. The second-order valence-electron chi connectivity index (χ2n) is 7.56. The SMILES string of the molecule is CN(c1cccc(-c2ccccc2)c1)c1cc(-c2ccccc2)c2ccccc2c1. The zero-order valence-electron chi connectivity index (χ0n) is 17.0. The lowest BCUT2D eigenvalue weighted by Crippen LogP contribution is -2.09. The molecule has 0 saturated carbocycles. The Morgan fingerprint density at radius 3 is 1.87 bits per heavy atom. The topological polar surface area (TPSA) is 3.24 Å². The highest BCUT2D eigenvalue weighted by Crippen LogP contribution is 2.36. The third-order valence-electron chi connectivity index (χ3n) is 5.66. The van der Waals surface area contributed by atoms with E-state index in [-0.39, 0.29) is 0 Å². The number of benzene rings is 5. The summed E-state index contributed by atoms with van der Waals surface area (Å²) in [5, 5.41) is 2.53. The van der Waals surface area contributed by atoms with Crippen LogP contribution in [0.4, 0.5) is 11.4 Å². The molecule has 0 radical (unpaired) electrons. The molecule has 0 spiro atoms. The fourth-order valence-corrected chi connectivity index (χ4v) is 4.02. The molecule has 0 heterocycles. The summed E-state index contributed by atoms with van der Waals surface area (Å²) in [4.78, 5) is 2.27. The highest BCUT2D eigenvalue weighted by Gasteiger charge is 2.11. The number of nitrogens with zero attached hydrogens (tertiary/aromatic N) is 1. The third kappa shape index (κ3) is 3.46. The molecule has 1 heteroatoms. The summed E-state index contributed by atoms with van der Waals surface area (Å²) in [6, 6.07) is 43.1. The Kier molecular flexibility index (Phi) is 4.78. The van der Waals surface area contributed by atoms with Gasteiger partial charge in [0.25, 0.3) is 0 Å². The molecule has 5 rings (SSSR count). The van der Waals surface area contributed by atoms with Crippen LogP contribution in [0.25, 0.3) is 33.0 Å². The number of hydrogen-bond acceptors (Lipinski definition) is 1. The van der Waals surface area contributed by atoms with Crippen molar-refractivity contribution in [1.29, 1.82) is 0 Å². The van der Waals surface area contributed by atoms with Gasteiger partial charge in [0.1, 0.15) is 0 Å². The zero-order valence-corrected chi connectivity index (χ0v) is 17.0. The van der Waals surface area contributed by atoms with Crippen LogP contribution in [0.1, 0.15) is 0 Å². The van der Waals surface area contributed by atoms with Crippen LogP contribution in [0.5, 0.6) is 0 Å². The molecule has 0 aliphatic rings. The predicted molar refractivity (Wildman–Crippen MR) is 129 cm³/mol. The van der Waals surface area contributed by atoms with Gasteiger partial charge in [0.15, 0.2) is 0 Å². The molecule has 0 amide bonds. The maximum absolute atomic E-state index is 2.30. The van der Waals surface area contributed by atoms with Crippen molar-refractivity contribution >= 4 is 22.1 Å². The van der Waals surface area contributed by atoms with Gasteiger partial charge in [-0.05, 0) is 57.3 Å². The minimum atomic E-state index is 1.17. The first-order chi connectivity index (χ1) is 14.8. The van der Waals surface area contributed by atoms with Crippen LogP contribution in [0.15, 0.2) is 121 Å². The normalized spacial score (nSPS) is 10.8. The zero-order chi connectivity index (χ0) is 20.3. The maximum atomic E-state index is 2.30. The molecular formula is C29H23N. The molecule has 0 unspecified atom stereocenters. The minimum Gasteiger partial charge on any atom is -0.345 e. The summed E-state index contributed by atoms with van der Waals surface area (Å²) in [6.45, 7) is 0. The van der Waals surface area contributed by atoms with E-state index in [2.05, 4.69) is 133 Å². The Bertz CT molecular complexity index is 1290. The summed E-state index contributed by atoms with van der Waals surface area (Å²) in [5.74, 6) is 0. The average molecular weight is 386 g/mol. The van der Waals surface area contributed by atoms with Crippen molar-refractivity contribution < 1.29 is 0 Å². The lowest BCUT2D eigenvalue weighted by molar-refractivity contribution is 1.21. The van der Waals surface area contributed by atoms with E-state index in [1.165, 1.54) is 44.4 Å². The van der Waals surface area contributed by atoms with Crippen molar-refractivity contribution in [1.82, 2.24) is 0 Å². The quantitative estimate of drug-likeness (QED) is 0.303. The van der Waals surface area contributed by atoms with Crippen molar-refractivity contribution in [3.63, 3.8) is 0 Å². The van der Waals surface area contributed by atoms with E-state index in [1.807, 2.05) is 0 Å². The van der Waals surface area contributed by atoms with Crippen molar-refractivity contribution in [3.8, 4) is 22.3 Å². The molecule has 5 aromatic rings. The van der Waals surface area contributed by atoms with Gasteiger partial charge >= 0.3 is 0 Å². The van der Waals surface area contributed by atoms with E-state index in [9.17, 15) is 0 Å². The van der Waals surface area contributed by atoms with Gasteiger partial charge in [0, 0.05) is 18.4 Å². The average Bonchev–Trinajstić information content (AvgIpc) is 2.84. The van der Waals surface area contributed by atoms with Crippen molar-refractivity contribution in [2.75, 3.05) is 11.9 Å². The maximum Gasteiger partial charge on any atom is 0.0420 e. The van der Waals surface area contributed by atoms with Crippen LogP contribution < -0.4 is 4.90 Å². The van der Waals surface area contributed by atoms with Crippen LogP contribution in [-0.4, -0.2) is 7.05 Å². The molecular weight excluding hydrogens is 362 g/mol. The van der Waals surface area contributed by atoms with Crippen LogP contribution in [-0.2, 0) is 0 Å². The van der Waals surface area contributed by atoms with Gasteiger partial charge in [0.2, 0.25) is 0 Å². The number of anilines is 2. The minimum absolute atomic E-state index is 1.17. The van der Waals surface area contributed by atoms with Gasteiger partial charge in [-0.25, -0.2) is 0 Å². The summed E-state index contributed by atoms with van der Waals surface area (Å²) in [5.41, 5.74) is 7.31. The summed E-state index contributed by atoms with van der Waals surface area (Å²) >= 11 is 0. The fraction of sp³-hybridized carbons (Fsp3) is 0.0345. The fourth-order valence-electron chi connectivity index (χ4n) is 4.02. The van der Waals surface area contributed by atoms with Crippen LogP contribution in [0.3, 0.4) is 0 Å². The van der Waals surface area contributed by atoms with Crippen molar-refractivity contribution in [2.24, 2.45) is 0 Å². The van der Waals surface area contributed by atoms with Gasteiger partial charge in [-0.15, -0.1) is 0 Å². The van der Waals surface area contributed by atoms with Gasteiger partial charge in [-0.3, -0.25) is 0 Å². The molecule has 0 atom stereocenters. The summed E-state index contributed by atoms with van der Waals surface area (Å²) in [7, 11) is 2.14. The predicted octanol–water partition coefficient (Wildman–Crippen LogP) is 7.94. The lowest BCUT2D eigenvalue weighted by atomic mass is 9.97. The molecule has 0 bridgehead atoms. The Morgan fingerprint density at radius 2 is 1.10 bits per heavy atom. The molecule has 5 aromatic carbocycles. The Balaban J connectivity index is 1.62. The Hall–Kier alpha value is -3.84. The number of hydrogen-bond donors (Lipinski definition) is 0. The molecule has 0 aliphatic heterocycles. The number of fused-ring (bicyclic) bond motifs is 1. The molecule has 144 valence electrons. The van der Waals surface area contributed by atoms with Gasteiger partial charge in [-0.2, -0.15) is 0 Å². The van der Waals surface area contributed by atoms with E-state index < -0.39 is 0 Å². The molecule has 1 nitrogen and oxygen atoms in total.